The number of ether oxygens (including phenoxy) is 1. The van der Waals surface area contributed by atoms with Crippen LogP contribution in [0, 0.1) is 5.41 Å². The van der Waals surface area contributed by atoms with Crippen molar-refractivity contribution >= 4 is 5.97 Å². The Kier molecular flexibility index (Phi) is 3.70. The van der Waals surface area contributed by atoms with Crippen LogP contribution in [0.15, 0.2) is 0 Å². The molecule has 1 saturated carbocycles. The highest BCUT2D eigenvalue weighted by molar-refractivity contribution is 5.80. The first kappa shape index (κ1) is 13.8. The molecule has 4 nitrogen and oxygen atoms in total. The van der Waals surface area contributed by atoms with Crippen molar-refractivity contribution in [3.63, 3.8) is 0 Å². The number of hydrogen-bond acceptors (Lipinski definition) is 4. The summed E-state index contributed by atoms with van der Waals surface area (Å²) in [6, 6.07) is 0.504. The van der Waals surface area contributed by atoms with Crippen molar-refractivity contribution in [3.8, 4) is 0 Å². The molecule has 1 saturated heterocycles. The zero-order valence-corrected chi connectivity index (χ0v) is 12.1. The Bertz CT molecular complexity index is 326. The van der Waals surface area contributed by atoms with Gasteiger partial charge in [0.05, 0.1) is 7.11 Å². The van der Waals surface area contributed by atoms with E-state index >= 15 is 0 Å². The predicted octanol–water partition coefficient (Wildman–Crippen LogP) is 1.40. The van der Waals surface area contributed by atoms with Gasteiger partial charge in [-0.3, -0.25) is 10.1 Å². The molecule has 0 aromatic rings. The zero-order valence-electron chi connectivity index (χ0n) is 12.1. The molecule has 2 aliphatic rings. The first-order chi connectivity index (χ1) is 8.35. The maximum atomic E-state index is 12.0. The van der Waals surface area contributed by atoms with Crippen molar-refractivity contribution in [2.75, 3.05) is 26.7 Å². The van der Waals surface area contributed by atoms with E-state index in [1.807, 2.05) is 6.92 Å². The minimum absolute atomic E-state index is 0.140. The van der Waals surface area contributed by atoms with E-state index in [1.54, 1.807) is 0 Å². The molecule has 1 unspecified atom stereocenters. The summed E-state index contributed by atoms with van der Waals surface area (Å²) < 4.78 is 4.98. The lowest BCUT2D eigenvalue weighted by Gasteiger charge is -2.33. The highest BCUT2D eigenvalue weighted by atomic mass is 16.5. The second kappa shape index (κ2) is 4.82. The number of hydrogen-bond donors (Lipinski definition) is 1. The minimum Gasteiger partial charge on any atom is -0.468 e. The number of carbonyl (C=O) groups is 1. The molecule has 0 radical (unpaired) electrons. The van der Waals surface area contributed by atoms with Crippen LogP contribution in [0.1, 0.15) is 40.0 Å². The van der Waals surface area contributed by atoms with Gasteiger partial charge in [0.2, 0.25) is 0 Å². The molecule has 2 rings (SSSR count). The highest BCUT2D eigenvalue weighted by Crippen LogP contribution is 2.31. The van der Waals surface area contributed by atoms with E-state index in [4.69, 9.17) is 4.74 Å². The summed E-state index contributed by atoms with van der Waals surface area (Å²) in [6.07, 6.45) is 3.56. The fourth-order valence-corrected chi connectivity index (χ4v) is 2.88. The maximum Gasteiger partial charge on any atom is 0.327 e. The van der Waals surface area contributed by atoms with Crippen LogP contribution in [0.25, 0.3) is 0 Å². The van der Waals surface area contributed by atoms with Crippen molar-refractivity contribution < 1.29 is 9.53 Å². The third-order valence-electron chi connectivity index (χ3n) is 4.03. The SMILES string of the molecule is COC(=O)C(C)(CN1CCC(C)(C)C1)NC1CC1. The third-order valence-corrected chi connectivity index (χ3v) is 4.03. The van der Waals surface area contributed by atoms with Crippen molar-refractivity contribution in [1.29, 1.82) is 0 Å². The highest BCUT2D eigenvalue weighted by Gasteiger charge is 2.42. The Labute approximate surface area is 110 Å². The molecular formula is C14H26N2O2. The van der Waals surface area contributed by atoms with Crippen molar-refractivity contribution in [2.45, 2.75) is 51.6 Å². The van der Waals surface area contributed by atoms with Crippen LogP contribution in [-0.2, 0) is 9.53 Å². The number of nitrogens with one attached hydrogen (secondary N) is 1. The summed E-state index contributed by atoms with van der Waals surface area (Å²) in [4.78, 5) is 14.4. The second-order valence-electron chi connectivity index (χ2n) is 6.87. The molecular weight excluding hydrogens is 228 g/mol. The summed E-state index contributed by atoms with van der Waals surface area (Å²) >= 11 is 0. The number of nitrogens with zero attached hydrogens (tertiary/aromatic N) is 1. The van der Waals surface area contributed by atoms with E-state index in [9.17, 15) is 4.79 Å². The summed E-state index contributed by atoms with van der Waals surface area (Å²) in [7, 11) is 1.48. The molecule has 0 bridgehead atoms. The Balaban J connectivity index is 1.98. The van der Waals surface area contributed by atoms with Gasteiger partial charge in [-0.15, -0.1) is 0 Å². The van der Waals surface area contributed by atoms with Crippen LogP contribution in [0.3, 0.4) is 0 Å². The summed E-state index contributed by atoms with van der Waals surface area (Å²) in [5, 5.41) is 3.46. The van der Waals surface area contributed by atoms with E-state index in [0.29, 0.717) is 11.5 Å². The standard InChI is InChI=1S/C14H26N2O2/c1-13(2)7-8-16(9-13)10-14(3,12(17)18-4)15-11-5-6-11/h11,15H,5-10H2,1-4H3. The van der Waals surface area contributed by atoms with Crippen LogP contribution in [0.4, 0.5) is 0 Å². The van der Waals surface area contributed by atoms with E-state index < -0.39 is 5.54 Å². The van der Waals surface area contributed by atoms with Gasteiger partial charge in [0.1, 0.15) is 5.54 Å². The molecule has 4 heteroatoms. The van der Waals surface area contributed by atoms with Crippen LogP contribution < -0.4 is 5.32 Å². The summed E-state index contributed by atoms with van der Waals surface area (Å²) in [5.74, 6) is -0.140. The van der Waals surface area contributed by atoms with Gasteiger partial charge in [0.15, 0.2) is 0 Å². The Morgan fingerprint density at radius 1 is 1.50 bits per heavy atom. The van der Waals surface area contributed by atoms with E-state index in [0.717, 1.165) is 19.6 Å². The van der Waals surface area contributed by atoms with Crippen LogP contribution >= 0.6 is 0 Å². The molecule has 0 amide bonds. The fourth-order valence-electron chi connectivity index (χ4n) is 2.88. The Morgan fingerprint density at radius 2 is 2.17 bits per heavy atom. The average molecular weight is 254 g/mol. The van der Waals surface area contributed by atoms with Gasteiger partial charge in [0.25, 0.3) is 0 Å². The lowest BCUT2D eigenvalue weighted by atomic mass is 9.93. The van der Waals surface area contributed by atoms with Gasteiger partial charge in [-0.1, -0.05) is 13.8 Å². The van der Waals surface area contributed by atoms with E-state index in [-0.39, 0.29) is 5.97 Å². The monoisotopic (exact) mass is 254 g/mol. The average Bonchev–Trinajstić information content (AvgIpc) is 3.02. The van der Waals surface area contributed by atoms with E-state index in [1.165, 1.54) is 26.4 Å². The van der Waals surface area contributed by atoms with Crippen molar-refractivity contribution in [2.24, 2.45) is 5.41 Å². The third kappa shape index (κ3) is 3.23. The molecule has 1 heterocycles. The molecule has 0 spiro atoms. The molecule has 18 heavy (non-hydrogen) atoms. The number of esters is 1. The van der Waals surface area contributed by atoms with Crippen LogP contribution in [-0.4, -0.2) is 49.2 Å². The van der Waals surface area contributed by atoms with Gasteiger partial charge in [-0.2, -0.15) is 0 Å². The van der Waals surface area contributed by atoms with E-state index in [2.05, 4.69) is 24.1 Å². The Morgan fingerprint density at radius 3 is 2.61 bits per heavy atom. The normalized spacial score (nSPS) is 26.9. The molecule has 1 aliphatic heterocycles. The Hall–Kier alpha value is -0.610. The quantitative estimate of drug-likeness (QED) is 0.753. The van der Waals surface area contributed by atoms with Crippen molar-refractivity contribution in [3.05, 3.63) is 0 Å². The molecule has 1 aliphatic carbocycles. The van der Waals surface area contributed by atoms with Crippen LogP contribution in [0.2, 0.25) is 0 Å². The fraction of sp³-hybridized carbons (Fsp3) is 0.929. The largest absolute Gasteiger partial charge is 0.468 e. The number of rotatable bonds is 5. The number of methoxy groups -OCH3 is 1. The van der Waals surface area contributed by atoms with Gasteiger partial charge in [-0.05, 0) is 38.1 Å². The molecule has 0 aromatic heterocycles. The topological polar surface area (TPSA) is 41.6 Å². The van der Waals surface area contributed by atoms with Crippen LogP contribution in [0.5, 0.6) is 0 Å². The lowest BCUT2D eigenvalue weighted by Crippen LogP contribution is -2.58. The van der Waals surface area contributed by atoms with Gasteiger partial charge >= 0.3 is 5.97 Å². The second-order valence-corrected chi connectivity index (χ2v) is 6.87. The predicted molar refractivity (Wildman–Crippen MR) is 71.4 cm³/mol. The molecule has 2 fully saturated rings. The smallest absolute Gasteiger partial charge is 0.327 e. The van der Waals surface area contributed by atoms with Gasteiger partial charge in [0, 0.05) is 19.1 Å². The molecule has 1 atom stereocenters. The van der Waals surface area contributed by atoms with Gasteiger partial charge in [-0.25, -0.2) is 0 Å². The molecule has 0 aromatic carbocycles. The maximum absolute atomic E-state index is 12.0. The first-order valence-electron chi connectivity index (χ1n) is 6.93. The number of carbonyl (C=O) groups excluding carboxylic acids is 1. The lowest BCUT2D eigenvalue weighted by molar-refractivity contribution is -0.148. The number of likely N-dealkylation sites (tertiary alicyclic amines) is 1. The van der Waals surface area contributed by atoms with Crippen molar-refractivity contribution in [1.82, 2.24) is 10.2 Å². The van der Waals surface area contributed by atoms with Gasteiger partial charge < -0.3 is 9.64 Å². The summed E-state index contributed by atoms with van der Waals surface area (Å²) in [5.41, 5.74) is -0.188. The first-order valence-corrected chi connectivity index (χ1v) is 6.93. The molecule has 104 valence electrons. The summed E-state index contributed by atoms with van der Waals surface area (Å²) in [6.45, 7) is 9.44. The zero-order chi connectivity index (χ0) is 13.4. The minimum atomic E-state index is -0.559. The molecule has 1 N–H and O–H groups in total.